The van der Waals surface area contributed by atoms with E-state index in [1.165, 1.54) is 6.42 Å². The largest absolute Gasteiger partial charge is 0.481 e. The molecule has 0 spiro atoms. The van der Waals surface area contributed by atoms with Crippen LogP contribution in [0.4, 0.5) is 0 Å². The molecule has 1 aliphatic carbocycles. The molecule has 0 aromatic rings. The Kier molecular flexibility index (Phi) is 5.26. The van der Waals surface area contributed by atoms with E-state index in [0.29, 0.717) is 23.9 Å². The molecule has 2 fully saturated rings. The van der Waals surface area contributed by atoms with Crippen LogP contribution in [0.1, 0.15) is 58.8 Å². The highest BCUT2D eigenvalue weighted by atomic mass is 16.5. The molecule has 0 aromatic heterocycles. The van der Waals surface area contributed by atoms with Crippen molar-refractivity contribution in [1.29, 1.82) is 0 Å². The third kappa shape index (κ3) is 3.95. The van der Waals surface area contributed by atoms with Gasteiger partial charge in [0.15, 0.2) is 0 Å². The topological polar surface area (TPSA) is 46.5 Å². The zero-order valence-electron chi connectivity index (χ0n) is 12.3. The molecular weight excluding hydrogens is 240 g/mol. The first-order valence-corrected chi connectivity index (χ1v) is 7.92. The quantitative estimate of drug-likeness (QED) is 0.826. The van der Waals surface area contributed by atoms with Gasteiger partial charge in [-0.15, -0.1) is 0 Å². The Bertz CT molecular complexity index is 294. The van der Waals surface area contributed by atoms with Gasteiger partial charge in [-0.05, 0) is 62.7 Å². The molecule has 4 unspecified atom stereocenters. The fourth-order valence-corrected chi connectivity index (χ4v) is 3.82. The molecule has 2 rings (SSSR count). The van der Waals surface area contributed by atoms with Crippen molar-refractivity contribution in [1.82, 2.24) is 0 Å². The summed E-state index contributed by atoms with van der Waals surface area (Å²) in [5, 5.41) is 9.39. The summed E-state index contributed by atoms with van der Waals surface area (Å²) in [7, 11) is 0. The highest BCUT2D eigenvalue weighted by Gasteiger charge is 2.36. The fraction of sp³-hybridized carbons (Fsp3) is 0.938. The second-order valence-corrected chi connectivity index (χ2v) is 6.73. The normalized spacial score (nSPS) is 35.7. The maximum absolute atomic E-state index is 11.4. The number of carbonyl (C=O) groups is 1. The molecule has 1 N–H and O–H groups in total. The van der Waals surface area contributed by atoms with Crippen molar-refractivity contribution in [2.24, 2.45) is 23.7 Å². The van der Waals surface area contributed by atoms with Gasteiger partial charge >= 0.3 is 5.97 Å². The number of carboxylic acid groups (broad SMARTS) is 1. The molecule has 1 saturated carbocycles. The van der Waals surface area contributed by atoms with Crippen molar-refractivity contribution in [2.75, 3.05) is 6.61 Å². The molecule has 1 heterocycles. The third-order valence-electron chi connectivity index (χ3n) is 5.17. The molecule has 110 valence electrons. The zero-order chi connectivity index (χ0) is 13.8. The summed E-state index contributed by atoms with van der Waals surface area (Å²) in [4.78, 5) is 11.4. The van der Waals surface area contributed by atoms with Crippen LogP contribution < -0.4 is 0 Å². The molecule has 1 saturated heterocycles. The second-order valence-electron chi connectivity index (χ2n) is 6.73. The average molecular weight is 268 g/mol. The van der Waals surface area contributed by atoms with E-state index in [0.717, 1.165) is 45.1 Å². The fourth-order valence-electron chi connectivity index (χ4n) is 3.82. The standard InChI is InChI=1S/C16H28O3/c1-11(2)12-6-8-15(16(17)18)13(10-12)5-7-14-4-3-9-19-14/h11-15H,3-10H2,1-2H3,(H,17,18). The van der Waals surface area contributed by atoms with E-state index >= 15 is 0 Å². The minimum atomic E-state index is -0.584. The van der Waals surface area contributed by atoms with Crippen LogP contribution in [0.15, 0.2) is 0 Å². The van der Waals surface area contributed by atoms with E-state index in [9.17, 15) is 9.90 Å². The molecule has 1 aliphatic heterocycles. The third-order valence-corrected chi connectivity index (χ3v) is 5.17. The first-order valence-electron chi connectivity index (χ1n) is 7.92. The first kappa shape index (κ1) is 14.8. The van der Waals surface area contributed by atoms with Gasteiger partial charge in [-0.1, -0.05) is 13.8 Å². The summed E-state index contributed by atoms with van der Waals surface area (Å²) in [6.07, 6.45) is 7.88. The van der Waals surface area contributed by atoms with E-state index < -0.39 is 5.97 Å². The SMILES string of the molecule is CC(C)C1CCC(C(=O)O)C(CCC2CCCO2)C1. The zero-order valence-corrected chi connectivity index (χ0v) is 12.3. The Hall–Kier alpha value is -0.570. The van der Waals surface area contributed by atoms with Crippen LogP contribution in [-0.2, 0) is 9.53 Å². The predicted molar refractivity (Wildman–Crippen MR) is 75.0 cm³/mol. The van der Waals surface area contributed by atoms with E-state index in [2.05, 4.69) is 13.8 Å². The van der Waals surface area contributed by atoms with E-state index in [1.807, 2.05) is 0 Å². The van der Waals surface area contributed by atoms with Gasteiger partial charge in [-0.3, -0.25) is 4.79 Å². The maximum Gasteiger partial charge on any atom is 0.306 e. The molecular formula is C16H28O3. The summed E-state index contributed by atoms with van der Waals surface area (Å²) >= 11 is 0. The molecule has 0 bridgehead atoms. The highest BCUT2D eigenvalue weighted by molar-refractivity contribution is 5.70. The van der Waals surface area contributed by atoms with E-state index in [4.69, 9.17) is 4.74 Å². The summed E-state index contributed by atoms with van der Waals surface area (Å²) in [5.74, 6) is 1.06. The molecule has 0 radical (unpaired) electrons. The predicted octanol–water partition coefficient (Wildman–Crippen LogP) is 3.72. The van der Waals surface area contributed by atoms with Crippen molar-refractivity contribution in [3.8, 4) is 0 Å². The van der Waals surface area contributed by atoms with Gasteiger partial charge in [0.05, 0.1) is 12.0 Å². The Morgan fingerprint density at radius 3 is 2.63 bits per heavy atom. The number of ether oxygens (including phenoxy) is 1. The smallest absolute Gasteiger partial charge is 0.306 e. The molecule has 0 amide bonds. The molecule has 4 atom stereocenters. The molecule has 3 heteroatoms. The van der Waals surface area contributed by atoms with Crippen molar-refractivity contribution in [2.45, 2.75) is 64.9 Å². The van der Waals surface area contributed by atoms with Crippen molar-refractivity contribution >= 4 is 5.97 Å². The molecule has 19 heavy (non-hydrogen) atoms. The van der Waals surface area contributed by atoms with Crippen LogP contribution >= 0.6 is 0 Å². The number of aliphatic carboxylic acids is 1. The van der Waals surface area contributed by atoms with Gasteiger partial charge in [0.1, 0.15) is 0 Å². The Labute approximate surface area is 116 Å². The van der Waals surface area contributed by atoms with Gasteiger partial charge in [0.2, 0.25) is 0 Å². The van der Waals surface area contributed by atoms with Crippen LogP contribution in [-0.4, -0.2) is 23.8 Å². The van der Waals surface area contributed by atoms with Gasteiger partial charge in [-0.25, -0.2) is 0 Å². The van der Waals surface area contributed by atoms with Crippen molar-refractivity contribution in [3.63, 3.8) is 0 Å². The van der Waals surface area contributed by atoms with Gasteiger partial charge in [0.25, 0.3) is 0 Å². The van der Waals surface area contributed by atoms with Gasteiger partial charge in [0, 0.05) is 6.61 Å². The van der Waals surface area contributed by atoms with Crippen LogP contribution in [0.2, 0.25) is 0 Å². The Balaban J connectivity index is 1.88. The number of hydrogen-bond acceptors (Lipinski definition) is 2. The molecule has 3 nitrogen and oxygen atoms in total. The van der Waals surface area contributed by atoms with Gasteiger partial charge < -0.3 is 9.84 Å². The average Bonchev–Trinajstić information content (AvgIpc) is 2.88. The maximum atomic E-state index is 11.4. The lowest BCUT2D eigenvalue weighted by Gasteiger charge is -2.36. The summed E-state index contributed by atoms with van der Waals surface area (Å²) < 4.78 is 5.67. The Morgan fingerprint density at radius 2 is 2.05 bits per heavy atom. The molecule has 0 aromatic carbocycles. The monoisotopic (exact) mass is 268 g/mol. The Morgan fingerprint density at radius 1 is 1.26 bits per heavy atom. The summed E-state index contributed by atoms with van der Waals surface area (Å²) in [6, 6.07) is 0. The van der Waals surface area contributed by atoms with Crippen LogP contribution in [0.5, 0.6) is 0 Å². The summed E-state index contributed by atoms with van der Waals surface area (Å²) in [6.45, 7) is 5.43. The number of hydrogen-bond donors (Lipinski definition) is 1. The molecule has 2 aliphatic rings. The lowest BCUT2D eigenvalue weighted by atomic mass is 9.69. The van der Waals surface area contributed by atoms with E-state index in [-0.39, 0.29) is 5.92 Å². The number of carboxylic acids is 1. The van der Waals surface area contributed by atoms with Gasteiger partial charge in [-0.2, -0.15) is 0 Å². The highest BCUT2D eigenvalue weighted by Crippen LogP contribution is 2.40. The van der Waals surface area contributed by atoms with Crippen molar-refractivity contribution in [3.05, 3.63) is 0 Å². The van der Waals surface area contributed by atoms with Crippen molar-refractivity contribution < 1.29 is 14.6 Å². The van der Waals surface area contributed by atoms with E-state index in [1.54, 1.807) is 0 Å². The lowest BCUT2D eigenvalue weighted by molar-refractivity contribution is -0.146. The first-order chi connectivity index (χ1) is 9.08. The second kappa shape index (κ2) is 6.74. The number of rotatable bonds is 5. The van der Waals surface area contributed by atoms with Crippen LogP contribution in [0.3, 0.4) is 0 Å². The minimum Gasteiger partial charge on any atom is -0.481 e. The summed E-state index contributed by atoms with van der Waals surface area (Å²) in [5.41, 5.74) is 0. The minimum absolute atomic E-state index is 0.114. The van der Waals surface area contributed by atoms with Crippen LogP contribution in [0, 0.1) is 23.7 Å². The van der Waals surface area contributed by atoms with Crippen LogP contribution in [0.25, 0.3) is 0 Å². The lowest BCUT2D eigenvalue weighted by Crippen LogP contribution is -2.32.